The van der Waals surface area contributed by atoms with Crippen molar-refractivity contribution in [1.29, 1.82) is 0 Å². The molecule has 7 heteroatoms. The van der Waals surface area contributed by atoms with Crippen LogP contribution in [-0.2, 0) is 0 Å². The number of aromatic nitrogens is 1. The van der Waals surface area contributed by atoms with Gasteiger partial charge in [-0.3, -0.25) is 0 Å². The first-order valence-electron chi connectivity index (χ1n) is 3.83. The second kappa shape index (κ2) is 4.07. The van der Waals surface area contributed by atoms with Gasteiger partial charge in [-0.1, -0.05) is 0 Å². The van der Waals surface area contributed by atoms with Crippen LogP contribution in [0.5, 0.6) is 5.88 Å². The van der Waals surface area contributed by atoms with E-state index in [1.807, 2.05) is 0 Å². The van der Waals surface area contributed by atoms with Crippen LogP contribution >= 0.6 is 0 Å². The highest BCUT2D eigenvalue weighted by molar-refractivity contribution is 5.87. The number of pyridine rings is 1. The summed E-state index contributed by atoms with van der Waals surface area (Å²) in [4.78, 5) is 13.9. The molecule has 0 saturated heterocycles. The molecular weight excluding hydrogens is 210 g/mol. The Kier molecular flexibility index (Phi) is 3.03. The zero-order valence-electron chi connectivity index (χ0n) is 7.70. The van der Waals surface area contributed by atoms with Crippen molar-refractivity contribution < 1.29 is 23.4 Å². The van der Waals surface area contributed by atoms with Gasteiger partial charge in [0.15, 0.2) is 5.69 Å². The van der Waals surface area contributed by atoms with E-state index in [0.717, 1.165) is 13.2 Å². The number of nitrogens with zero attached hydrogens (tertiary/aromatic N) is 1. The van der Waals surface area contributed by atoms with Gasteiger partial charge in [-0.15, -0.1) is 0 Å². The van der Waals surface area contributed by atoms with E-state index in [4.69, 9.17) is 10.8 Å². The average molecular weight is 218 g/mol. The highest BCUT2D eigenvalue weighted by Gasteiger charge is 2.21. The van der Waals surface area contributed by atoms with Crippen molar-refractivity contribution in [3.05, 3.63) is 17.3 Å². The van der Waals surface area contributed by atoms with Gasteiger partial charge in [-0.25, -0.2) is 18.6 Å². The maximum Gasteiger partial charge on any atom is 0.354 e. The molecule has 0 spiro atoms. The van der Waals surface area contributed by atoms with Gasteiger partial charge < -0.3 is 15.6 Å². The number of halogens is 2. The summed E-state index contributed by atoms with van der Waals surface area (Å²) in [5.41, 5.74) is 3.89. The topological polar surface area (TPSA) is 85.4 Å². The molecule has 0 aliphatic rings. The van der Waals surface area contributed by atoms with E-state index in [1.54, 1.807) is 0 Å². The molecule has 5 nitrogen and oxygen atoms in total. The Balaban J connectivity index is 3.37. The fourth-order valence-corrected chi connectivity index (χ4v) is 1.03. The SMILES string of the molecule is COc1nc(C(=O)O)cc(N)c1C(F)F. The second-order valence-electron chi connectivity index (χ2n) is 2.63. The maximum atomic E-state index is 12.5. The number of aromatic carboxylic acids is 1. The van der Waals surface area contributed by atoms with Crippen molar-refractivity contribution >= 4 is 11.7 Å². The van der Waals surface area contributed by atoms with Crippen molar-refractivity contribution in [2.45, 2.75) is 6.43 Å². The van der Waals surface area contributed by atoms with Gasteiger partial charge in [0, 0.05) is 5.69 Å². The molecule has 0 aliphatic heterocycles. The van der Waals surface area contributed by atoms with E-state index < -0.39 is 29.5 Å². The zero-order chi connectivity index (χ0) is 11.6. The van der Waals surface area contributed by atoms with E-state index >= 15 is 0 Å². The van der Waals surface area contributed by atoms with Crippen LogP contribution in [0.3, 0.4) is 0 Å². The zero-order valence-corrected chi connectivity index (χ0v) is 7.70. The highest BCUT2D eigenvalue weighted by atomic mass is 19.3. The molecular formula is C8H8F2N2O3. The van der Waals surface area contributed by atoms with Gasteiger partial charge in [0.1, 0.15) is 5.56 Å². The molecule has 1 aromatic rings. The number of nitrogens with two attached hydrogens (primary N) is 1. The molecule has 3 N–H and O–H groups in total. The molecule has 0 aromatic carbocycles. The number of hydrogen-bond donors (Lipinski definition) is 2. The Morgan fingerprint density at radius 2 is 2.27 bits per heavy atom. The van der Waals surface area contributed by atoms with Crippen LogP contribution in [-0.4, -0.2) is 23.2 Å². The molecule has 1 aromatic heterocycles. The fourth-order valence-electron chi connectivity index (χ4n) is 1.03. The summed E-state index contributed by atoms with van der Waals surface area (Å²) in [6, 6.07) is 0.867. The van der Waals surface area contributed by atoms with Crippen LogP contribution in [0.4, 0.5) is 14.5 Å². The summed E-state index contributed by atoms with van der Waals surface area (Å²) in [7, 11) is 1.11. The Morgan fingerprint density at radius 1 is 1.67 bits per heavy atom. The largest absolute Gasteiger partial charge is 0.481 e. The number of anilines is 1. The number of carboxylic acid groups (broad SMARTS) is 1. The number of carboxylic acids is 1. The van der Waals surface area contributed by atoms with Crippen LogP contribution in [0.15, 0.2) is 6.07 Å². The minimum absolute atomic E-state index is 0.353. The third kappa shape index (κ3) is 2.12. The number of methoxy groups -OCH3 is 1. The lowest BCUT2D eigenvalue weighted by atomic mass is 10.2. The first-order valence-corrected chi connectivity index (χ1v) is 3.83. The number of nitrogen functional groups attached to an aromatic ring is 1. The summed E-state index contributed by atoms with van der Waals surface area (Å²) in [5, 5.41) is 8.60. The first-order chi connectivity index (χ1) is 6.97. The molecule has 0 amide bonds. The van der Waals surface area contributed by atoms with E-state index in [-0.39, 0.29) is 5.69 Å². The van der Waals surface area contributed by atoms with Crippen molar-refractivity contribution in [3.63, 3.8) is 0 Å². The molecule has 0 unspecified atom stereocenters. The van der Waals surface area contributed by atoms with Gasteiger partial charge in [0.25, 0.3) is 6.43 Å². The van der Waals surface area contributed by atoms with Crippen molar-refractivity contribution in [1.82, 2.24) is 4.98 Å². The summed E-state index contributed by atoms with van der Waals surface area (Å²) in [6.07, 6.45) is -2.87. The predicted molar refractivity (Wildman–Crippen MR) is 47.1 cm³/mol. The lowest BCUT2D eigenvalue weighted by molar-refractivity contribution is 0.0688. The lowest BCUT2D eigenvalue weighted by Crippen LogP contribution is -2.07. The maximum absolute atomic E-state index is 12.5. The monoisotopic (exact) mass is 218 g/mol. The molecule has 1 rings (SSSR count). The summed E-state index contributed by atoms with van der Waals surface area (Å²) in [6.45, 7) is 0. The predicted octanol–water partition coefficient (Wildman–Crippen LogP) is 1.31. The molecule has 0 saturated carbocycles. The third-order valence-electron chi connectivity index (χ3n) is 1.69. The van der Waals surface area contributed by atoms with E-state index in [0.29, 0.717) is 0 Å². The van der Waals surface area contributed by atoms with E-state index in [2.05, 4.69) is 9.72 Å². The van der Waals surface area contributed by atoms with Gasteiger partial charge in [0.05, 0.1) is 7.11 Å². The Bertz CT molecular complexity index is 396. The molecule has 82 valence electrons. The fraction of sp³-hybridized carbons (Fsp3) is 0.250. The van der Waals surface area contributed by atoms with Crippen LogP contribution in [0.2, 0.25) is 0 Å². The third-order valence-corrected chi connectivity index (χ3v) is 1.69. The molecule has 15 heavy (non-hydrogen) atoms. The van der Waals surface area contributed by atoms with Gasteiger partial charge >= 0.3 is 5.97 Å². The molecule has 1 heterocycles. The first kappa shape index (κ1) is 11.2. The molecule has 0 fully saturated rings. The minimum Gasteiger partial charge on any atom is -0.481 e. The molecule has 0 bridgehead atoms. The number of hydrogen-bond acceptors (Lipinski definition) is 4. The number of alkyl halides is 2. The Hall–Kier alpha value is -1.92. The summed E-state index contributed by atoms with van der Waals surface area (Å²) >= 11 is 0. The van der Waals surface area contributed by atoms with Crippen LogP contribution < -0.4 is 10.5 Å². The molecule has 0 radical (unpaired) electrons. The molecule has 0 atom stereocenters. The molecule has 0 aliphatic carbocycles. The Labute approximate surface area is 83.5 Å². The standard InChI is InChI=1S/C8H8F2N2O3/c1-15-7-5(6(9)10)3(11)2-4(12-7)8(13)14/h2,6H,1H3,(H2,11,12)(H,13,14). The lowest BCUT2D eigenvalue weighted by Gasteiger charge is -2.10. The quantitative estimate of drug-likeness (QED) is 0.798. The van der Waals surface area contributed by atoms with Crippen LogP contribution in [0.1, 0.15) is 22.5 Å². The van der Waals surface area contributed by atoms with E-state index in [1.165, 1.54) is 0 Å². The number of ether oxygens (including phenoxy) is 1. The average Bonchev–Trinajstić information content (AvgIpc) is 2.15. The highest BCUT2D eigenvalue weighted by Crippen LogP contribution is 2.32. The van der Waals surface area contributed by atoms with Gasteiger partial charge in [-0.2, -0.15) is 0 Å². The van der Waals surface area contributed by atoms with Crippen molar-refractivity contribution in [3.8, 4) is 5.88 Å². The Morgan fingerprint density at radius 3 is 2.67 bits per heavy atom. The smallest absolute Gasteiger partial charge is 0.354 e. The summed E-state index contributed by atoms with van der Waals surface area (Å²) < 4.78 is 29.5. The van der Waals surface area contributed by atoms with Crippen molar-refractivity contribution in [2.75, 3.05) is 12.8 Å². The van der Waals surface area contributed by atoms with Crippen LogP contribution in [0.25, 0.3) is 0 Å². The van der Waals surface area contributed by atoms with Crippen LogP contribution in [0, 0.1) is 0 Å². The van der Waals surface area contributed by atoms with Gasteiger partial charge in [0.2, 0.25) is 5.88 Å². The van der Waals surface area contributed by atoms with Gasteiger partial charge in [-0.05, 0) is 6.07 Å². The number of rotatable bonds is 3. The normalized spacial score (nSPS) is 10.4. The number of carbonyl (C=O) groups is 1. The van der Waals surface area contributed by atoms with Crippen molar-refractivity contribution in [2.24, 2.45) is 0 Å². The second-order valence-corrected chi connectivity index (χ2v) is 2.63. The summed E-state index contributed by atoms with van der Waals surface area (Å²) in [5.74, 6) is -1.83. The minimum atomic E-state index is -2.87. The van der Waals surface area contributed by atoms with E-state index in [9.17, 15) is 13.6 Å².